The summed E-state index contributed by atoms with van der Waals surface area (Å²) >= 11 is 0. The van der Waals surface area contributed by atoms with Crippen LogP contribution in [-0.4, -0.2) is 32.4 Å². The largest absolute Gasteiger partial charge is 0.496 e. The van der Waals surface area contributed by atoms with Gasteiger partial charge in [0.2, 0.25) is 0 Å². The predicted octanol–water partition coefficient (Wildman–Crippen LogP) is 3.87. The highest BCUT2D eigenvalue weighted by Crippen LogP contribution is 2.35. The Hall–Kier alpha value is -1.56. The first-order valence-corrected chi connectivity index (χ1v) is 9.99. The van der Waals surface area contributed by atoms with Crippen LogP contribution in [0, 0.1) is 5.92 Å². The summed E-state index contributed by atoms with van der Waals surface area (Å²) < 4.78 is 30.2. The second-order valence-electron chi connectivity index (χ2n) is 6.52. The maximum absolute atomic E-state index is 12.4. The van der Waals surface area contributed by atoms with Gasteiger partial charge in [0.15, 0.2) is 9.84 Å². The molecule has 0 spiro atoms. The van der Waals surface area contributed by atoms with E-state index in [1.807, 2.05) is 13.8 Å². The SMILES string of the molecule is CCCCC(CC(=O)O)c1ccc(S(=O)(=O)CC(C)C)cc1OC. The first kappa shape index (κ1) is 20.5. The number of methoxy groups -OCH3 is 1. The maximum Gasteiger partial charge on any atom is 0.303 e. The molecule has 0 aliphatic carbocycles. The predicted molar refractivity (Wildman–Crippen MR) is 94.4 cm³/mol. The molecular formula is C18H28O5S. The molecule has 1 aromatic carbocycles. The molecular weight excluding hydrogens is 328 g/mol. The standard InChI is InChI=1S/C18H28O5S/c1-5-6-7-14(10-18(19)20)16-9-8-15(11-17(16)23-4)24(21,22)12-13(2)3/h8-9,11,13-14H,5-7,10,12H2,1-4H3,(H,19,20). The molecule has 0 amide bonds. The van der Waals surface area contributed by atoms with Crippen LogP contribution < -0.4 is 4.74 Å². The van der Waals surface area contributed by atoms with Crippen LogP contribution in [0.4, 0.5) is 0 Å². The van der Waals surface area contributed by atoms with Crippen LogP contribution in [0.1, 0.15) is 57.9 Å². The van der Waals surface area contributed by atoms with Gasteiger partial charge in [-0.1, -0.05) is 39.7 Å². The van der Waals surface area contributed by atoms with Crippen molar-refractivity contribution in [3.63, 3.8) is 0 Å². The van der Waals surface area contributed by atoms with E-state index < -0.39 is 15.8 Å². The van der Waals surface area contributed by atoms with E-state index in [1.165, 1.54) is 13.2 Å². The summed E-state index contributed by atoms with van der Waals surface area (Å²) in [7, 11) is -1.89. The number of rotatable bonds is 10. The van der Waals surface area contributed by atoms with Crippen molar-refractivity contribution in [1.82, 2.24) is 0 Å². The minimum Gasteiger partial charge on any atom is -0.496 e. The summed E-state index contributed by atoms with van der Waals surface area (Å²) in [5, 5.41) is 9.15. The highest BCUT2D eigenvalue weighted by atomic mass is 32.2. The zero-order valence-corrected chi connectivity index (χ0v) is 15.7. The Morgan fingerprint density at radius 3 is 2.46 bits per heavy atom. The normalized spacial score (nSPS) is 13.0. The monoisotopic (exact) mass is 356 g/mol. The van der Waals surface area contributed by atoms with Gasteiger partial charge in [-0.05, 0) is 36.0 Å². The Labute approximate surface area is 145 Å². The summed E-state index contributed by atoms with van der Waals surface area (Å²) in [6.07, 6.45) is 2.62. The van der Waals surface area contributed by atoms with Gasteiger partial charge >= 0.3 is 5.97 Å². The number of carboxylic acid groups (broad SMARTS) is 1. The van der Waals surface area contributed by atoms with Crippen LogP contribution >= 0.6 is 0 Å². The van der Waals surface area contributed by atoms with Gasteiger partial charge in [0.1, 0.15) is 5.75 Å². The lowest BCUT2D eigenvalue weighted by atomic mass is 9.90. The van der Waals surface area contributed by atoms with Crippen LogP contribution in [0.15, 0.2) is 23.1 Å². The van der Waals surface area contributed by atoms with Crippen molar-refractivity contribution in [1.29, 1.82) is 0 Å². The lowest BCUT2D eigenvalue weighted by Gasteiger charge is -2.19. The van der Waals surface area contributed by atoms with E-state index in [1.54, 1.807) is 12.1 Å². The number of benzene rings is 1. The fourth-order valence-electron chi connectivity index (χ4n) is 2.79. The van der Waals surface area contributed by atoms with E-state index in [2.05, 4.69) is 6.92 Å². The highest BCUT2D eigenvalue weighted by molar-refractivity contribution is 7.91. The molecule has 0 aliphatic rings. The van der Waals surface area contributed by atoms with E-state index in [-0.39, 0.29) is 28.9 Å². The summed E-state index contributed by atoms with van der Waals surface area (Å²) in [6.45, 7) is 5.77. The van der Waals surface area contributed by atoms with Gasteiger partial charge in [-0.25, -0.2) is 8.42 Å². The van der Waals surface area contributed by atoms with Crippen molar-refractivity contribution < 1.29 is 23.1 Å². The van der Waals surface area contributed by atoms with Crippen molar-refractivity contribution in [2.24, 2.45) is 5.92 Å². The van der Waals surface area contributed by atoms with Crippen molar-refractivity contribution in [3.8, 4) is 5.75 Å². The van der Waals surface area contributed by atoms with E-state index >= 15 is 0 Å². The fraction of sp³-hybridized carbons (Fsp3) is 0.611. The number of aliphatic carboxylic acids is 1. The highest BCUT2D eigenvalue weighted by Gasteiger charge is 2.23. The quantitative estimate of drug-likeness (QED) is 0.688. The topological polar surface area (TPSA) is 80.7 Å². The zero-order chi connectivity index (χ0) is 18.3. The fourth-order valence-corrected chi connectivity index (χ4v) is 4.42. The molecule has 0 aliphatic heterocycles. The molecule has 0 saturated carbocycles. The number of ether oxygens (including phenoxy) is 1. The number of unbranched alkanes of at least 4 members (excludes halogenated alkanes) is 1. The molecule has 0 saturated heterocycles. The van der Waals surface area contributed by atoms with Gasteiger partial charge in [-0.15, -0.1) is 0 Å². The number of carbonyl (C=O) groups is 1. The molecule has 0 radical (unpaired) electrons. The van der Waals surface area contributed by atoms with Gasteiger partial charge in [0.25, 0.3) is 0 Å². The average molecular weight is 356 g/mol. The third kappa shape index (κ3) is 5.82. The van der Waals surface area contributed by atoms with Crippen LogP contribution in [0.3, 0.4) is 0 Å². The molecule has 1 atom stereocenters. The number of carboxylic acids is 1. The first-order chi connectivity index (χ1) is 11.2. The summed E-state index contributed by atoms with van der Waals surface area (Å²) in [6, 6.07) is 4.79. The summed E-state index contributed by atoms with van der Waals surface area (Å²) in [5.74, 6) is -0.495. The summed E-state index contributed by atoms with van der Waals surface area (Å²) in [5.41, 5.74) is 0.761. The molecule has 136 valence electrons. The van der Waals surface area contributed by atoms with Crippen LogP contribution in [0.2, 0.25) is 0 Å². The first-order valence-electron chi connectivity index (χ1n) is 8.33. The van der Waals surface area contributed by atoms with Crippen LogP contribution in [0.5, 0.6) is 5.75 Å². The molecule has 0 fully saturated rings. The molecule has 1 aromatic rings. The smallest absolute Gasteiger partial charge is 0.303 e. The lowest BCUT2D eigenvalue weighted by molar-refractivity contribution is -0.137. The minimum absolute atomic E-state index is 0.00838. The number of hydrogen-bond donors (Lipinski definition) is 1. The van der Waals surface area contributed by atoms with E-state index in [9.17, 15) is 13.2 Å². The maximum atomic E-state index is 12.4. The molecule has 1 N–H and O–H groups in total. The Bertz CT molecular complexity index is 649. The molecule has 5 nitrogen and oxygen atoms in total. The Balaban J connectivity index is 3.22. The van der Waals surface area contributed by atoms with Gasteiger partial charge in [-0.2, -0.15) is 0 Å². The van der Waals surface area contributed by atoms with Gasteiger partial charge < -0.3 is 9.84 Å². The molecule has 24 heavy (non-hydrogen) atoms. The van der Waals surface area contributed by atoms with Gasteiger partial charge in [0, 0.05) is 0 Å². The molecule has 1 rings (SSSR count). The molecule has 6 heteroatoms. The van der Waals surface area contributed by atoms with Crippen molar-refractivity contribution >= 4 is 15.8 Å². The zero-order valence-electron chi connectivity index (χ0n) is 14.9. The Morgan fingerprint density at radius 1 is 1.29 bits per heavy atom. The molecule has 1 unspecified atom stereocenters. The molecule has 0 aromatic heterocycles. The second kappa shape index (κ2) is 9.06. The van der Waals surface area contributed by atoms with Crippen molar-refractivity contribution in [3.05, 3.63) is 23.8 Å². The van der Waals surface area contributed by atoms with Crippen LogP contribution in [-0.2, 0) is 14.6 Å². The third-order valence-corrected chi connectivity index (χ3v) is 5.96. The Kier molecular flexibility index (Phi) is 7.73. The Morgan fingerprint density at radius 2 is 1.96 bits per heavy atom. The van der Waals surface area contributed by atoms with Crippen molar-refractivity contribution in [2.45, 2.75) is 57.3 Å². The third-order valence-electron chi connectivity index (χ3n) is 3.88. The number of hydrogen-bond acceptors (Lipinski definition) is 4. The average Bonchev–Trinajstić information content (AvgIpc) is 2.49. The van der Waals surface area contributed by atoms with Crippen molar-refractivity contribution in [2.75, 3.05) is 12.9 Å². The number of sulfone groups is 1. The van der Waals surface area contributed by atoms with E-state index in [0.29, 0.717) is 5.75 Å². The molecule has 0 heterocycles. The molecule has 0 bridgehead atoms. The van der Waals surface area contributed by atoms with Gasteiger partial charge in [-0.3, -0.25) is 4.79 Å². The second-order valence-corrected chi connectivity index (χ2v) is 8.55. The van der Waals surface area contributed by atoms with Gasteiger partial charge in [0.05, 0.1) is 24.2 Å². The summed E-state index contributed by atoms with van der Waals surface area (Å²) in [4.78, 5) is 11.4. The van der Waals surface area contributed by atoms with E-state index in [0.717, 1.165) is 24.8 Å². The minimum atomic E-state index is -3.37. The van der Waals surface area contributed by atoms with Crippen LogP contribution in [0.25, 0.3) is 0 Å². The lowest BCUT2D eigenvalue weighted by Crippen LogP contribution is -2.13. The van der Waals surface area contributed by atoms with E-state index in [4.69, 9.17) is 9.84 Å².